The summed E-state index contributed by atoms with van der Waals surface area (Å²) >= 11 is 0. The van der Waals surface area contributed by atoms with Crippen LogP contribution in [0.3, 0.4) is 0 Å². The lowest BCUT2D eigenvalue weighted by Crippen LogP contribution is -2.68. The number of hydrogen-bond acceptors (Lipinski definition) is 11. The van der Waals surface area contributed by atoms with Crippen LogP contribution in [0.4, 0.5) is 0 Å². The van der Waals surface area contributed by atoms with Crippen molar-refractivity contribution in [3.05, 3.63) is 0 Å². The molecule has 3 heterocycles. The van der Waals surface area contributed by atoms with Crippen molar-refractivity contribution in [3.63, 3.8) is 0 Å². The van der Waals surface area contributed by atoms with Gasteiger partial charge in [-0.25, -0.2) is 0 Å². The molecule has 7 N–H and O–H groups in total. The monoisotopic (exact) mass is 492 g/mol. The number of rotatable bonds is 6. The van der Waals surface area contributed by atoms with E-state index in [1.54, 1.807) is 0 Å². The van der Waals surface area contributed by atoms with E-state index in [1.165, 1.54) is 17.7 Å². The summed E-state index contributed by atoms with van der Waals surface area (Å²) in [5, 5.41) is 33.5. The summed E-state index contributed by atoms with van der Waals surface area (Å²) in [5.74, 6) is -1.95. The minimum Gasteiger partial charge on any atom is -0.394 e. The third kappa shape index (κ3) is 5.38. The summed E-state index contributed by atoms with van der Waals surface area (Å²) in [6.07, 6.45) is -4.00. The van der Waals surface area contributed by atoms with Crippen LogP contribution < -0.4 is 16.4 Å². The van der Waals surface area contributed by atoms with E-state index in [0.717, 1.165) is 17.2 Å². The van der Waals surface area contributed by atoms with Crippen LogP contribution in [0.2, 0.25) is 0 Å². The molecular weight excluding hydrogens is 464 g/mol. The van der Waals surface area contributed by atoms with E-state index in [0.29, 0.717) is 13.0 Å². The lowest BCUT2D eigenvalue weighted by Gasteiger charge is -2.42. The fraction of sp³-hybridized carbons (Fsp3) is 0.778. The van der Waals surface area contributed by atoms with E-state index in [-0.39, 0.29) is 12.2 Å². The summed E-state index contributed by atoms with van der Waals surface area (Å²) < 4.78 is 5.52. The highest BCUT2D eigenvalue weighted by Gasteiger charge is 2.47. The molecule has 14 heteroatoms. The Labute approximate surface area is 192 Å². The molecule has 180 valence electrons. The van der Waals surface area contributed by atoms with E-state index >= 15 is 0 Å². The highest BCUT2D eigenvalue weighted by Crippen LogP contribution is 2.42. The number of nitrogens with two attached hydrogens (primary N) is 1. The van der Waals surface area contributed by atoms with Crippen LogP contribution in [-0.2, 0) is 23.9 Å². The predicted octanol–water partition coefficient (Wildman–Crippen LogP) is -2.96. The van der Waals surface area contributed by atoms with Gasteiger partial charge < -0.3 is 36.4 Å². The third-order valence-electron chi connectivity index (χ3n) is 5.73. The van der Waals surface area contributed by atoms with Crippen molar-refractivity contribution in [1.29, 1.82) is 0 Å². The first-order valence-electron chi connectivity index (χ1n) is 10.2. The Morgan fingerprint density at radius 3 is 2.56 bits per heavy atom. The van der Waals surface area contributed by atoms with Crippen LogP contribution in [-0.4, -0.2) is 104 Å². The van der Waals surface area contributed by atoms with E-state index in [9.17, 15) is 34.5 Å². The van der Waals surface area contributed by atoms with Gasteiger partial charge in [0, 0.05) is 13.5 Å². The van der Waals surface area contributed by atoms with Gasteiger partial charge >= 0.3 is 0 Å². The second-order valence-corrected chi connectivity index (χ2v) is 10.5. The summed E-state index contributed by atoms with van der Waals surface area (Å²) in [6.45, 7) is 1.22. The summed E-state index contributed by atoms with van der Waals surface area (Å²) in [6, 6.07) is -1.62. The number of carbonyl (C=O) groups excluding carboxylic acids is 4. The van der Waals surface area contributed by atoms with Crippen LogP contribution >= 0.6 is 21.6 Å². The van der Waals surface area contributed by atoms with Gasteiger partial charge in [-0.3, -0.25) is 24.1 Å². The standard InChI is InChI=1S/C18H28N4O8S2/c1-7(24)20-12-15(28)14(27)9(6-23)30-18(12)21-10(25)5-11-22-4-2-3-8(22)13(26)16(17(19)29)32-31-11/h8-9,11-12,14-16,18,23,27-28H,2-6H2,1H3,(H2,19,29)(H,20,24)(H,21,25)/t8-,9?,11?,12?,14+,15+,16?,18+/m0/s1. The largest absolute Gasteiger partial charge is 0.394 e. The Balaban J connectivity index is 1.70. The number of primary amides is 1. The van der Waals surface area contributed by atoms with Crippen molar-refractivity contribution in [2.24, 2.45) is 5.73 Å². The molecule has 0 radical (unpaired) electrons. The van der Waals surface area contributed by atoms with Crippen LogP contribution in [0.15, 0.2) is 0 Å². The Kier molecular flexibility index (Phi) is 8.41. The van der Waals surface area contributed by atoms with E-state index in [2.05, 4.69) is 10.6 Å². The van der Waals surface area contributed by atoms with Gasteiger partial charge in [0.05, 0.1) is 24.4 Å². The molecule has 12 nitrogen and oxygen atoms in total. The van der Waals surface area contributed by atoms with Gasteiger partial charge in [0.1, 0.15) is 24.4 Å². The molecule has 3 rings (SSSR count). The average molecular weight is 493 g/mol. The van der Waals surface area contributed by atoms with Gasteiger partial charge in [-0.2, -0.15) is 0 Å². The van der Waals surface area contributed by atoms with E-state index in [4.69, 9.17) is 10.5 Å². The summed E-state index contributed by atoms with van der Waals surface area (Å²) in [4.78, 5) is 50.7. The quantitative estimate of drug-likeness (QED) is 0.164. The molecule has 0 aromatic rings. The Morgan fingerprint density at radius 2 is 1.94 bits per heavy atom. The maximum atomic E-state index is 12.9. The van der Waals surface area contributed by atoms with Crippen molar-refractivity contribution < 1.29 is 39.2 Å². The third-order valence-corrected chi connectivity index (χ3v) is 8.74. The fourth-order valence-corrected chi connectivity index (χ4v) is 7.18. The average Bonchev–Trinajstić information content (AvgIpc) is 3.17. The molecule has 0 bridgehead atoms. The predicted molar refractivity (Wildman–Crippen MR) is 115 cm³/mol. The van der Waals surface area contributed by atoms with Crippen molar-refractivity contribution in [2.75, 3.05) is 13.2 Å². The lowest BCUT2D eigenvalue weighted by atomic mass is 9.96. The van der Waals surface area contributed by atoms with Crippen molar-refractivity contribution >= 4 is 45.1 Å². The molecule has 0 aromatic carbocycles. The highest BCUT2D eigenvalue weighted by atomic mass is 33.1. The van der Waals surface area contributed by atoms with Crippen LogP contribution in [0.25, 0.3) is 0 Å². The molecule has 32 heavy (non-hydrogen) atoms. The molecule has 3 aliphatic heterocycles. The van der Waals surface area contributed by atoms with Gasteiger partial charge in [-0.15, -0.1) is 0 Å². The smallest absolute Gasteiger partial charge is 0.239 e. The van der Waals surface area contributed by atoms with E-state index in [1.807, 2.05) is 4.90 Å². The normalized spacial score (nSPS) is 37.9. The van der Waals surface area contributed by atoms with E-state index < -0.39 is 71.6 Å². The van der Waals surface area contributed by atoms with Gasteiger partial charge in [-0.1, -0.05) is 21.6 Å². The molecule has 8 atom stereocenters. The maximum Gasteiger partial charge on any atom is 0.239 e. The van der Waals surface area contributed by atoms with Crippen molar-refractivity contribution in [1.82, 2.24) is 15.5 Å². The first kappa shape index (κ1) is 25.2. The molecule has 0 aliphatic carbocycles. The zero-order valence-corrected chi connectivity index (χ0v) is 19.0. The zero-order valence-electron chi connectivity index (χ0n) is 17.4. The van der Waals surface area contributed by atoms with Crippen LogP contribution in [0, 0.1) is 0 Å². The Morgan fingerprint density at radius 1 is 1.22 bits per heavy atom. The highest BCUT2D eigenvalue weighted by molar-refractivity contribution is 8.77. The first-order chi connectivity index (χ1) is 15.1. The second kappa shape index (κ2) is 10.7. The number of aliphatic hydroxyl groups excluding tert-OH is 3. The number of fused-ring (bicyclic) bond motifs is 1. The van der Waals surface area contributed by atoms with Gasteiger partial charge in [0.2, 0.25) is 17.7 Å². The van der Waals surface area contributed by atoms with Gasteiger partial charge in [0.25, 0.3) is 0 Å². The second-order valence-electron chi connectivity index (χ2n) is 7.98. The number of Topliss-reactive ketones (excluding diaryl/α,β-unsaturated/α-hetero) is 1. The molecule has 0 aromatic heterocycles. The SMILES string of the molecule is CC(=O)NC1[C@H](NC(=O)CC2SSC(C(N)=O)C(=O)[C@@H]3CCCN23)OC(CO)[C@@H](O)[C@@H]1O. The maximum absolute atomic E-state index is 12.9. The number of nitrogens with one attached hydrogen (secondary N) is 2. The number of ether oxygens (including phenoxy) is 1. The molecule has 3 aliphatic rings. The Hall–Kier alpha value is -1.42. The Bertz CT molecular complexity index is 758. The van der Waals surface area contributed by atoms with Gasteiger partial charge in [0.15, 0.2) is 17.3 Å². The van der Waals surface area contributed by atoms with Crippen molar-refractivity contribution in [3.8, 4) is 0 Å². The molecular formula is C18H28N4O8S2. The number of amides is 3. The van der Waals surface area contributed by atoms with Crippen LogP contribution in [0.5, 0.6) is 0 Å². The zero-order chi connectivity index (χ0) is 23.6. The van der Waals surface area contributed by atoms with Gasteiger partial charge in [-0.05, 0) is 12.8 Å². The molecule has 3 amide bonds. The molecule has 3 fully saturated rings. The number of ketones is 1. The molecule has 4 unspecified atom stereocenters. The fourth-order valence-electron chi connectivity index (χ4n) is 4.19. The minimum atomic E-state index is -1.48. The minimum absolute atomic E-state index is 0.0536. The first-order valence-corrected chi connectivity index (χ1v) is 12.5. The molecule has 0 spiro atoms. The molecule has 3 saturated heterocycles. The topological polar surface area (TPSA) is 192 Å². The van der Waals surface area contributed by atoms with Crippen molar-refractivity contribution in [2.45, 2.75) is 73.4 Å². The number of hydrogen-bond donors (Lipinski definition) is 6. The number of carbonyl (C=O) groups is 4. The molecule has 0 saturated carbocycles. The summed E-state index contributed by atoms with van der Waals surface area (Å²) in [7, 11) is 2.27. The van der Waals surface area contributed by atoms with Crippen LogP contribution in [0.1, 0.15) is 26.2 Å². The summed E-state index contributed by atoms with van der Waals surface area (Å²) in [5.41, 5.74) is 5.38. The lowest BCUT2D eigenvalue weighted by molar-refractivity contribution is -0.203. The number of aliphatic hydroxyl groups is 3. The number of nitrogens with zero attached hydrogens (tertiary/aromatic N) is 1.